The fraction of sp³-hybridized carbons (Fsp3) is 0.296. The van der Waals surface area contributed by atoms with Crippen molar-refractivity contribution in [3.05, 3.63) is 71.4 Å². The van der Waals surface area contributed by atoms with Crippen molar-refractivity contribution in [2.24, 2.45) is 0 Å². The Morgan fingerprint density at radius 2 is 1.66 bits per heavy atom. The number of carboxylic acids is 1. The number of fused-ring (bicyclic) bond motifs is 1. The molecule has 11 nitrogen and oxygen atoms in total. The molecule has 2 heterocycles. The number of nitrogens with zero attached hydrogens (tertiary/aromatic N) is 3. The van der Waals surface area contributed by atoms with Gasteiger partial charge in [0.1, 0.15) is 18.1 Å². The van der Waals surface area contributed by atoms with Crippen LogP contribution in [0.15, 0.2) is 54.6 Å². The molecule has 4 rings (SSSR count). The average Bonchev–Trinajstić information content (AvgIpc) is 2.94. The number of rotatable bonds is 8. The van der Waals surface area contributed by atoms with Gasteiger partial charge in [-0.15, -0.1) is 0 Å². The Morgan fingerprint density at radius 3 is 2.34 bits per heavy atom. The Morgan fingerprint density at radius 1 is 0.974 bits per heavy atom. The number of hydrogen-bond acceptors (Lipinski definition) is 7. The van der Waals surface area contributed by atoms with E-state index < -0.39 is 18.0 Å². The second kappa shape index (κ2) is 12.0. The molecule has 38 heavy (non-hydrogen) atoms. The van der Waals surface area contributed by atoms with Gasteiger partial charge in [-0.2, -0.15) is 0 Å². The van der Waals surface area contributed by atoms with E-state index in [1.165, 1.54) is 18.2 Å². The van der Waals surface area contributed by atoms with Crippen LogP contribution in [0.2, 0.25) is 0 Å². The van der Waals surface area contributed by atoms with E-state index in [1.54, 1.807) is 41.0 Å². The lowest BCUT2D eigenvalue weighted by atomic mass is 10.1. The van der Waals surface area contributed by atoms with Crippen molar-refractivity contribution in [3.8, 4) is 5.75 Å². The maximum absolute atomic E-state index is 12.9. The summed E-state index contributed by atoms with van der Waals surface area (Å²) in [4.78, 5) is 56.0. The van der Waals surface area contributed by atoms with Gasteiger partial charge in [0.05, 0.1) is 24.2 Å². The Labute approximate surface area is 219 Å². The molecule has 2 aromatic carbocycles. The fourth-order valence-corrected chi connectivity index (χ4v) is 4.00. The zero-order chi connectivity index (χ0) is 27.1. The average molecular weight is 521 g/mol. The molecule has 0 unspecified atom stereocenters. The number of nitrogens with one attached hydrogen (secondary N) is 1. The molecule has 0 spiro atoms. The third-order valence-electron chi connectivity index (χ3n) is 6.06. The zero-order valence-electron chi connectivity index (χ0n) is 20.9. The number of carbonyl (C=O) groups excluding carboxylic acids is 3. The molecule has 1 aliphatic rings. The van der Waals surface area contributed by atoms with Crippen LogP contribution < -0.4 is 10.1 Å². The number of hydrogen-bond donors (Lipinski definition) is 2. The van der Waals surface area contributed by atoms with E-state index in [2.05, 4.69) is 10.3 Å². The van der Waals surface area contributed by atoms with Crippen molar-refractivity contribution in [1.29, 1.82) is 0 Å². The van der Waals surface area contributed by atoms with Gasteiger partial charge >= 0.3 is 12.1 Å². The van der Waals surface area contributed by atoms with E-state index in [-0.39, 0.29) is 30.3 Å². The number of amides is 3. The van der Waals surface area contributed by atoms with Gasteiger partial charge < -0.3 is 29.7 Å². The summed E-state index contributed by atoms with van der Waals surface area (Å²) in [7, 11) is 0. The standard InChI is InChI=1S/C27H28N4O7/c1-2-37-27(36)31-13-11-30(12-14-31)24(32)16-28-25(33)22-15-23(20-5-3-4-6-21(20)29-22)38-17-18-7-9-19(10-8-18)26(34)35/h3-10,15H,2,11-14,16-17H2,1H3,(H,28,33)(H,34,35). The zero-order valence-corrected chi connectivity index (χ0v) is 20.9. The number of piperazine rings is 1. The molecule has 3 amide bonds. The minimum atomic E-state index is -1.01. The van der Waals surface area contributed by atoms with Crippen molar-refractivity contribution in [2.75, 3.05) is 39.3 Å². The molecule has 2 N–H and O–H groups in total. The van der Waals surface area contributed by atoms with Crippen molar-refractivity contribution in [3.63, 3.8) is 0 Å². The number of para-hydroxylation sites is 1. The van der Waals surface area contributed by atoms with E-state index in [4.69, 9.17) is 14.6 Å². The normalized spacial score (nSPS) is 13.2. The van der Waals surface area contributed by atoms with Crippen molar-refractivity contribution >= 4 is 34.8 Å². The van der Waals surface area contributed by atoms with Gasteiger partial charge in [0.25, 0.3) is 5.91 Å². The molecule has 1 aliphatic heterocycles. The summed E-state index contributed by atoms with van der Waals surface area (Å²) >= 11 is 0. The van der Waals surface area contributed by atoms with Crippen LogP contribution in [-0.2, 0) is 16.1 Å². The summed E-state index contributed by atoms with van der Waals surface area (Å²) in [6.45, 7) is 3.42. The Hall–Kier alpha value is -4.67. The highest BCUT2D eigenvalue weighted by molar-refractivity contribution is 5.98. The van der Waals surface area contributed by atoms with Gasteiger partial charge in [-0.25, -0.2) is 14.6 Å². The molecule has 0 aliphatic carbocycles. The van der Waals surface area contributed by atoms with Crippen LogP contribution in [0.5, 0.6) is 5.75 Å². The summed E-state index contributed by atoms with van der Waals surface area (Å²) in [5.74, 6) is -1.36. The molecule has 0 saturated carbocycles. The number of carbonyl (C=O) groups is 4. The minimum absolute atomic E-state index is 0.0971. The highest BCUT2D eigenvalue weighted by atomic mass is 16.6. The fourth-order valence-electron chi connectivity index (χ4n) is 4.00. The monoisotopic (exact) mass is 520 g/mol. The Kier molecular flexibility index (Phi) is 8.37. The van der Waals surface area contributed by atoms with Crippen LogP contribution in [0, 0.1) is 0 Å². The van der Waals surface area contributed by atoms with E-state index in [0.29, 0.717) is 49.4 Å². The number of ether oxygens (including phenoxy) is 2. The molecule has 1 fully saturated rings. The third kappa shape index (κ3) is 6.36. The number of carboxylic acid groups (broad SMARTS) is 1. The van der Waals surface area contributed by atoms with Gasteiger partial charge in [0.2, 0.25) is 5.91 Å². The van der Waals surface area contributed by atoms with E-state index in [0.717, 1.165) is 5.56 Å². The molecule has 0 radical (unpaired) electrons. The summed E-state index contributed by atoms with van der Waals surface area (Å²) in [5.41, 5.74) is 1.59. The third-order valence-corrected chi connectivity index (χ3v) is 6.06. The molecule has 11 heteroatoms. The number of pyridine rings is 1. The largest absolute Gasteiger partial charge is 0.488 e. The first-order valence-electron chi connectivity index (χ1n) is 12.2. The lowest BCUT2D eigenvalue weighted by Crippen LogP contribution is -2.52. The first-order valence-corrected chi connectivity index (χ1v) is 12.2. The quantitative estimate of drug-likeness (QED) is 0.462. The molecule has 0 bridgehead atoms. The summed E-state index contributed by atoms with van der Waals surface area (Å²) in [6.07, 6.45) is -0.398. The molecule has 198 valence electrons. The van der Waals surface area contributed by atoms with Crippen molar-refractivity contribution in [1.82, 2.24) is 20.1 Å². The maximum atomic E-state index is 12.9. The molecule has 1 aromatic heterocycles. The predicted octanol–water partition coefficient (Wildman–Crippen LogP) is 2.54. The van der Waals surface area contributed by atoms with Crippen LogP contribution >= 0.6 is 0 Å². The Bertz CT molecular complexity index is 1340. The first-order chi connectivity index (χ1) is 18.4. The van der Waals surface area contributed by atoms with Crippen LogP contribution in [0.1, 0.15) is 33.3 Å². The van der Waals surface area contributed by atoms with Crippen molar-refractivity contribution < 1.29 is 33.8 Å². The highest BCUT2D eigenvalue weighted by Gasteiger charge is 2.25. The van der Waals surface area contributed by atoms with E-state index >= 15 is 0 Å². The molecular weight excluding hydrogens is 492 g/mol. The topological polar surface area (TPSA) is 138 Å². The first kappa shape index (κ1) is 26.4. The van der Waals surface area contributed by atoms with Gasteiger partial charge in [0, 0.05) is 37.6 Å². The van der Waals surface area contributed by atoms with Crippen LogP contribution in [0.4, 0.5) is 4.79 Å². The SMILES string of the molecule is CCOC(=O)N1CCN(C(=O)CNC(=O)c2cc(OCc3ccc(C(=O)O)cc3)c3ccccc3n2)CC1. The molecular formula is C27H28N4O7. The van der Waals surface area contributed by atoms with Gasteiger partial charge in [0.15, 0.2) is 0 Å². The van der Waals surface area contributed by atoms with Crippen LogP contribution in [-0.4, -0.2) is 83.1 Å². The summed E-state index contributed by atoms with van der Waals surface area (Å²) in [6, 6.07) is 15.1. The van der Waals surface area contributed by atoms with Gasteiger partial charge in [-0.1, -0.05) is 24.3 Å². The van der Waals surface area contributed by atoms with Gasteiger partial charge in [-0.05, 0) is 36.8 Å². The predicted molar refractivity (Wildman–Crippen MR) is 137 cm³/mol. The van der Waals surface area contributed by atoms with E-state index in [1.807, 2.05) is 12.1 Å². The molecule has 1 saturated heterocycles. The highest BCUT2D eigenvalue weighted by Crippen LogP contribution is 2.26. The Balaban J connectivity index is 1.39. The van der Waals surface area contributed by atoms with E-state index in [9.17, 15) is 19.2 Å². The number of aromatic carboxylic acids is 1. The maximum Gasteiger partial charge on any atom is 0.409 e. The number of aromatic nitrogens is 1. The lowest BCUT2D eigenvalue weighted by molar-refractivity contribution is -0.131. The molecule has 3 aromatic rings. The smallest absolute Gasteiger partial charge is 0.409 e. The number of benzene rings is 2. The van der Waals surface area contributed by atoms with Crippen LogP contribution in [0.25, 0.3) is 10.9 Å². The van der Waals surface area contributed by atoms with Crippen LogP contribution in [0.3, 0.4) is 0 Å². The second-order valence-corrected chi connectivity index (χ2v) is 8.56. The minimum Gasteiger partial charge on any atom is -0.488 e. The summed E-state index contributed by atoms with van der Waals surface area (Å²) in [5, 5.41) is 12.4. The lowest BCUT2D eigenvalue weighted by Gasteiger charge is -2.34. The van der Waals surface area contributed by atoms with Gasteiger partial charge in [-0.3, -0.25) is 9.59 Å². The second-order valence-electron chi connectivity index (χ2n) is 8.56. The van der Waals surface area contributed by atoms with Crippen molar-refractivity contribution in [2.45, 2.75) is 13.5 Å². The molecule has 0 atom stereocenters. The summed E-state index contributed by atoms with van der Waals surface area (Å²) < 4.78 is 11.0.